The van der Waals surface area contributed by atoms with E-state index >= 15 is 0 Å². The lowest BCUT2D eigenvalue weighted by atomic mass is 10.0. The van der Waals surface area contributed by atoms with Crippen LogP contribution in [-0.2, 0) is 4.74 Å². The molecule has 0 aromatic heterocycles. The highest BCUT2D eigenvalue weighted by Gasteiger charge is 2.14. The van der Waals surface area contributed by atoms with E-state index in [4.69, 9.17) is 9.47 Å². The van der Waals surface area contributed by atoms with E-state index in [1.54, 1.807) is 6.07 Å². The predicted octanol–water partition coefficient (Wildman–Crippen LogP) is 6.14. The van der Waals surface area contributed by atoms with Gasteiger partial charge in [0.25, 0.3) is 0 Å². The van der Waals surface area contributed by atoms with E-state index in [1.165, 1.54) is 25.0 Å². The first-order chi connectivity index (χ1) is 13.1. The Morgan fingerprint density at radius 3 is 2.26 bits per heavy atom. The number of benzene rings is 1. The number of rotatable bonds is 14. The number of carbonyl (C=O) groups is 3. The van der Waals surface area contributed by atoms with E-state index in [0.717, 1.165) is 44.9 Å². The Kier molecular flexibility index (Phi) is 11.8. The zero-order chi connectivity index (χ0) is 19.9. The molecule has 0 fully saturated rings. The van der Waals surface area contributed by atoms with Crippen LogP contribution in [0, 0.1) is 0 Å². The monoisotopic (exact) mass is 376 g/mol. The molecule has 150 valence electrons. The van der Waals surface area contributed by atoms with E-state index in [9.17, 15) is 14.4 Å². The van der Waals surface area contributed by atoms with Crippen molar-refractivity contribution in [2.75, 3.05) is 6.61 Å². The molecule has 27 heavy (non-hydrogen) atoms. The number of hydrogen-bond donors (Lipinski definition) is 0. The highest BCUT2D eigenvalue weighted by atomic mass is 16.7. The van der Waals surface area contributed by atoms with Gasteiger partial charge >= 0.3 is 6.16 Å². The van der Waals surface area contributed by atoms with Gasteiger partial charge in [-0.15, -0.1) is 0 Å². The molecule has 0 bridgehead atoms. The minimum absolute atomic E-state index is 0.000325. The highest BCUT2D eigenvalue weighted by Crippen LogP contribution is 2.21. The van der Waals surface area contributed by atoms with Crippen molar-refractivity contribution in [3.63, 3.8) is 0 Å². The Hall–Kier alpha value is -2.17. The molecule has 0 heterocycles. The number of hydrogen-bond acceptors (Lipinski definition) is 5. The molecular weight excluding hydrogens is 344 g/mol. The maximum atomic E-state index is 12.3. The molecule has 0 radical (unpaired) electrons. The molecule has 0 aliphatic heterocycles. The third-order valence-electron chi connectivity index (χ3n) is 4.38. The lowest BCUT2D eigenvalue weighted by Crippen LogP contribution is -2.13. The van der Waals surface area contributed by atoms with Gasteiger partial charge in [0.15, 0.2) is 12.1 Å². The van der Waals surface area contributed by atoms with Crippen LogP contribution in [0.5, 0.6) is 5.75 Å². The molecule has 0 unspecified atom stereocenters. The van der Waals surface area contributed by atoms with Crippen LogP contribution in [0.4, 0.5) is 4.79 Å². The van der Waals surface area contributed by atoms with Gasteiger partial charge in [-0.3, -0.25) is 9.59 Å². The molecule has 0 N–H and O–H groups in total. The van der Waals surface area contributed by atoms with Gasteiger partial charge in [-0.05, 0) is 31.0 Å². The van der Waals surface area contributed by atoms with Crippen molar-refractivity contribution in [1.29, 1.82) is 0 Å². The number of aldehydes is 1. The molecule has 0 saturated carbocycles. The van der Waals surface area contributed by atoms with Gasteiger partial charge in [0.05, 0.1) is 12.2 Å². The van der Waals surface area contributed by atoms with E-state index in [2.05, 4.69) is 13.8 Å². The first-order valence-electron chi connectivity index (χ1n) is 10.1. The third kappa shape index (κ3) is 9.36. The van der Waals surface area contributed by atoms with Gasteiger partial charge in [0.2, 0.25) is 0 Å². The fraction of sp³-hybridized carbons (Fsp3) is 0.591. The fourth-order valence-electron chi connectivity index (χ4n) is 2.74. The van der Waals surface area contributed by atoms with Crippen LogP contribution in [0.1, 0.15) is 98.8 Å². The van der Waals surface area contributed by atoms with Gasteiger partial charge in [-0.1, -0.05) is 58.8 Å². The first kappa shape index (κ1) is 22.9. The maximum absolute atomic E-state index is 12.3. The SMILES string of the molecule is CCCCCCCC(=O)c1ccc(OC(=O)OCCCCCC)c(C=O)c1. The Balaban J connectivity index is 2.52. The average molecular weight is 376 g/mol. The van der Waals surface area contributed by atoms with Crippen LogP contribution in [0.2, 0.25) is 0 Å². The summed E-state index contributed by atoms with van der Waals surface area (Å²) in [4.78, 5) is 35.3. The van der Waals surface area contributed by atoms with E-state index in [0.29, 0.717) is 24.9 Å². The summed E-state index contributed by atoms with van der Waals surface area (Å²) in [6.07, 6.45) is 9.57. The zero-order valence-corrected chi connectivity index (χ0v) is 16.6. The molecule has 5 nitrogen and oxygen atoms in total. The fourth-order valence-corrected chi connectivity index (χ4v) is 2.74. The van der Waals surface area contributed by atoms with Crippen molar-refractivity contribution in [3.05, 3.63) is 29.3 Å². The quantitative estimate of drug-likeness (QED) is 0.128. The largest absolute Gasteiger partial charge is 0.513 e. The smallest absolute Gasteiger partial charge is 0.434 e. The summed E-state index contributed by atoms with van der Waals surface area (Å²) in [5.41, 5.74) is 0.641. The normalized spacial score (nSPS) is 10.4. The van der Waals surface area contributed by atoms with Gasteiger partial charge in [-0.2, -0.15) is 0 Å². The minimum Gasteiger partial charge on any atom is -0.434 e. The lowest BCUT2D eigenvalue weighted by molar-refractivity contribution is 0.0965. The summed E-state index contributed by atoms with van der Waals surface area (Å²) in [6, 6.07) is 4.54. The predicted molar refractivity (Wildman–Crippen MR) is 106 cm³/mol. The van der Waals surface area contributed by atoms with Crippen molar-refractivity contribution in [3.8, 4) is 5.75 Å². The van der Waals surface area contributed by atoms with Gasteiger partial charge in [0.1, 0.15) is 5.75 Å². The summed E-state index contributed by atoms with van der Waals surface area (Å²) in [6.45, 7) is 4.55. The molecule has 0 spiro atoms. The number of ether oxygens (including phenoxy) is 2. The van der Waals surface area contributed by atoms with Crippen LogP contribution >= 0.6 is 0 Å². The Morgan fingerprint density at radius 1 is 0.926 bits per heavy atom. The summed E-state index contributed by atoms with van der Waals surface area (Å²) >= 11 is 0. The second-order valence-corrected chi connectivity index (χ2v) is 6.72. The Labute approximate surface area is 162 Å². The summed E-state index contributed by atoms with van der Waals surface area (Å²) in [5.74, 6) is 0.114. The Bertz CT molecular complexity index is 594. The van der Waals surface area contributed by atoms with Crippen molar-refractivity contribution < 1.29 is 23.9 Å². The number of carbonyl (C=O) groups excluding carboxylic acids is 3. The Morgan fingerprint density at radius 2 is 1.59 bits per heavy atom. The van der Waals surface area contributed by atoms with Crippen LogP contribution < -0.4 is 4.74 Å². The second-order valence-electron chi connectivity index (χ2n) is 6.72. The lowest BCUT2D eigenvalue weighted by Gasteiger charge is -2.09. The average Bonchev–Trinajstić information content (AvgIpc) is 2.67. The van der Waals surface area contributed by atoms with E-state index in [1.807, 2.05) is 0 Å². The summed E-state index contributed by atoms with van der Waals surface area (Å²) < 4.78 is 10.1. The van der Waals surface area contributed by atoms with Gasteiger partial charge < -0.3 is 9.47 Å². The number of ketones is 1. The van der Waals surface area contributed by atoms with Crippen molar-refractivity contribution in [2.24, 2.45) is 0 Å². The molecule has 0 aliphatic rings. The molecule has 1 rings (SSSR count). The summed E-state index contributed by atoms with van der Waals surface area (Å²) in [5, 5.41) is 0. The van der Waals surface area contributed by atoms with Crippen LogP contribution in [0.25, 0.3) is 0 Å². The summed E-state index contributed by atoms with van der Waals surface area (Å²) in [7, 11) is 0. The molecule has 0 aliphatic carbocycles. The van der Waals surface area contributed by atoms with Crippen LogP contribution in [0.15, 0.2) is 18.2 Å². The number of unbranched alkanes of at least 4 members (excludes halogenated alkanes) is 7. The zero-order valence-electron chi connectivity index (χ0n) is 16.6. The minimum atomic E-state index is -0.829. The topological polar surface area (TPSA) is 69.7 Å². The van der Waals surface area contributed by atoms with E-state index in [-0.39, 0.29) is 17.1 Å². The molecule has 1 aromatic carbocycles. The maximum Gasteiger partial charge on any atom is 0.513 e. The standard InChI is InChI=1S/C22H32O5/c1-3-5-7-9-10-12-20(24)18-13-14-21(19(16-18)17-23)27-22(25)26-15-11-8-6-4-2/h13-14,16-17H,3-12,15H2,1-2H3. The second kappa shape index (κ2) is 14.0. The van der Waals surface area contributed by atoms with E-state index < -0.39 is 6.16 Å². The van der Waals surface area contributed by atoms with Gasteiger partial charge in [0, 0.05) is 12.0 Å². The molecule has 1 aromatic rings. The van der Waals surface area contributed by atoms with Crippen LogP contribution in [-0.4, -0.2) is 24.8 Å². The van der Waals surface area contributed by atoms with Gasteiger partial charge in [-0.25, -0.2) is 4.79 Å². The molecule has 0 atom stereocenters. The van der Waals surface area contributed by atoms with Crippen LogP contribution in [0.3, 0.4) is 0 Å². The van der Waals surface area contributed by atoms with Crippen molar-refractivity contribution in [2.45, 2.75) is 78.1 Å². The molecule has 0 amide bonds. The first-order valence-corrected chi connectivity index (χ1v) is 10.1. The molecule has 5 heteroatoms. The van der Waals surface area contributed by atoms with Crippen molar-refractivity contribution in [1.82, 2.24) is 0 Å². The number of Topliss-reactive ketones (excluding diaryl/α,β-unsaturated/α-hetero) is 1. The molecule has 0 saturated heterocycles. The van der Waals surface area contributed by atoms with Crippen molar-refractivity contribution >= 4 is 18.2 Å². The third-order valence-corrected chi connectivity index (χ3v) is 4.38. The molecular formula is C22H32O5. The highest BCUT2D eigenvalue weighted by molar-refractivity contribution is 5.98.